The lowest BCUT2D eigenvalue weighted by molar-refractivity contribution is 0.383. The lowest BCUT2D eigenvalue weighted by atomic mass is 10.2. The van der Waals surface area contributed by atoms with Crippen molar-refractivity contribution in [3.8, 4) is 0 Å². The van der Waals surface area contributed by atoms with Crippen LogP contribution in [-0.4, -0.2) is 5.11 Å². The van der Waals surface area contributed by atoms with Gasteiger partial charge in [0.15, 0.2) is 0 Å². The van der Waals surface area contributed by atoms with Gasteiger partial charge in [-0.05, 0) is 12.2 Å². The van der Waals surface area contributed by atoms with Crippen molar-refractivity contribution in [2.45, 2.75) is 32.6 Å². The second-order valence-corrected chi connectivity index (χ2v) is 2.45. The van der Waals surface area contributed by atoms with Crippen LogP contribution in [0.15, 0.2) is 11.6 Å². The van der Waals surface area contributed by atoms with Crippen molar-refractivity contribution in [1.29, 1.82) is 0 Å². The molecule has 0 aromatic carbocycles. The van der Waals surface area contributed by atoms with Crippen LogP contribution in [0.1, 0.15) is 32.6 Å². The molecule has 0 aliphatic rings. The molecule has 0 aliphatic heterocycles. The van der Waals surface area contributed by atoms with Gasteiger partial charge in [0.25, 0.3) is 0 Å². The van der Waals surface area contributed by atoms with Crippen LogP contribution in [0, 0.1) is 0 Å². The molecule has 0 aromatic rings. The summed E-state index contributed by atoms with van der Waals surface area (Å²) in [6.45, 7) is 2.15. The Morgan fingerprint density at radius 1 is 1.56 bits per heavy atom. The number of hydrogen-bond acceptors (Lipinski definition) is 1. The number of allylic oxidation sites excluding steroid dienone is 1. The van der Waals surface area contributed by atoms with E-state index in [9.17, 15) is 0 Å². The second-order valence-electron chi connectivity index (χ2n) is 2.12. The lowest BCUT2D eigenvalue weighted by Crippen LogP contribution is -1.79. The molecule has 1 N–H and O–H groups in total. The average Bonchev–Trinajstić information content (AvgIpc) is 1.89. The molecule has 0 bridgehead atoms. The summed E-state index contributed by atoms with van der Waals surface area (Å²) in [5.74, 6) is 2.17. The third kappa shape index (κ3) is 5.85. The van der Waals surface area contributed by atoms with Gasteiger partial charge < -0.3 is 5.11 Å². The molecule has 0 spiro atoms. The van der Waals surface area contributed by atoms with Gasteiger partial charge in [-0.2, -0.15) is 0 Å². The summed E-state index contributed by atoms with van der Waals surface area (Å²) in [5, 5.41) is 8.92. The number of rotatable bonds is 4. The van der Waals surface area contributed by atoms with Gasteiger partial charge in [0.05, 0.1) is 5.76 Å². The van der Waals surface area contributed by atoms with Crippen molar-refractivity contribution < 1.29 is 5.11 Å². The minimum atomic E-state index is 0.494. The highest BCUT2D eigenvalue weighted by atomic mass is 31.0. The molecular formula is C7H15OP. The van der Waals surface area contributed by atoms with Gasteiger partial charge in [0.1, 0.15) is 0 Å². The Morgan fingerprint density at radius 2 is 2.22 bits per heavy atom. The van der Waals surface area contributed by atoms with Crippen LogP contribution in [0.2, 0.25) is 0 Å². The summed E-state index contributed by atoms with van der Waals surface area (Å²) >= 11 is 0. The Hall–Kier alpha value is -0.0300. The van der Waals surface area contributed by atoms with Crippen molar-refractivity contribution in [2.75, 3.05) is 0 Å². The molecular weight excluding hydrogens is 131 g/mol. The van der Waals surface area contributed by atoms with Crippen LogP contribution in [-0.2, 0) is 0 Å². The van der Waals surface area contributed by atoms with Crippen molar-refractivity contribution >= 4 is 9.24 Å². The summed E-state index contributed by atoms with van der Waals surface area (Å²) < 4.78 is 0. The normalized spacial score (nSPS) is 12.0. The van der Waals surface area contributed by atoms with Crippen LogP contribution < -0.4 is 0 Å². The van der Waals surface area contributed by atoms with Crippen LogP contribution >= 0.6 is 9.24 Å². The molecule has 9 heavy (non-hydrogen) atoms. The maximum absolute atomic E-state index is 8.92. The van der Waals surface area contributed by atoms with Gasteiger partial charge in [-0.3, -0.25) is 0 Å². The largest absolute Gasteiger partial charge is 0.512 e. The highest BCUT2D eigenvalue weighted by Crippen LogP contribution is 2.06. The number of aliphatic hydroxyl groups is 1. The molecule has 2 heteroatoms. The van der Waals surface area contributed by atoms with Crippen LogP contribution in [0.25, 0.3) is 0 Å². The van der Waals surface area contributed by atoms with Gasteiger partial charge in [-0.25, -0.2) is 0 Å². The Balaban J connectivity index is 3.07. The quantitative estimate of drug-likeness (QED) is 0.367. The third-order valence-electron chi connectivity index (χ3n) is 1.23. The fraction of sp³-hybridized carbons (Fsp3) is 0.714. The summed E-state index contributed by atoms with van der Waals surface area (Å²) in [6, 6.07) is 0. The molecule has 1 atom stereocenters. The highest BCUT2D eigenvalue weighted by Gasteiger charge is 1.89. The summed E-state index contributed by atoms with van der Waals surface area (Å²) in [5.41, 5.74) is 0. The second kappa shape index (κ2) is 6.10. The summed E-state index contributed by atoms with van der Waals surface area (Å²) in [7, 11) is 2.39. The first-order chi connectivity index (χ1) is 4.31. The topological polar surface area (TPSA) is 20.2 Å². The van der Waals surface area contributed by atoms with E-state index >= 15 is 0 Å². The summed E-state index contributed by atoms with van der Waals surface area (Å²) in [6.07, 6.45) is 4.36. The van der Waals surface area contributed by atoms with Crippen molar-refractivity contribution in [2.24, 2.45) is 0 Å². The maximum atomic E-state index is 8.92. The molecule has 0 heterocycles. The molecule has 0 amide bonds. The zero-order valence-electron chi connectivity index (χ0n) is 5.93. The maximum Gasteiger partial charge on any atom is 0.0922 e. The minimum absolute atomic E-state index is 0.494. The zero-order chi connectivity index (χ0) is 7.11. The van der Waals surface area contributed by atoms with E-state index < -0.39 is 0 Å². The monoisotopic (exact) mass is 146 g/mol. The fourth-order valence-corrected chi connectivity index (χ4v) is 0.806. The van der Waals surface area contributed by atoms with Gasteiger partial charge >= 0.3 is 0 Å². The fourth-order valence-electron chi connectivity index (χ4n) is 0.639. The first kappa shape index (κ1) is 8.97. The van der Waals surface area contributed by atoms with E-state index in [4.69, 9.17) is 5.11 Å². The number of hydrogen-bond donors (Lipinski definition) is 1. The Morgan fingerprint density at radius 3 is 2.67 bits per heavy atom. The molecule has 0 saturated carbocycles. The Kier molecular flexibility index (Phi) is 6.08. The molecule has 0 aliphatic carbocycles. The smallest absolute Gasteiger partial charge is 0.0922 e. The average molecular weight is 146 g/mol. The first-order valence-electron chi connectivity index (χ1n) is 3.41. The van der Waals surface area contributed by atoms with Gasteiger partial charge in [0, 0.05) is 6.42 Å². The predicted molar refractivity (Wildman–Crippen MR) is 44.6 cm³/mol. The van der Waals surface area contributed by atoms with E-state index in [2.05, 4.69) is 16.2 Å². The Labute approximate surface area is 59.4 Å². The van der Waals surface area contributed by atoms with Crippen LogP contribution in [0.4, 0.5) is 0 Å². The standard InChI is InChI=1S/C7H15OP/c1-2-3-4-5-7(8)6-9/h6,8H,2-5,9H2,1H3/b7-6-. The number of unbranched alkanes of at least 4 members (excludes halogenated alkanes) is 2. The van der Waals surface area contributed by atoms with Gasteiger partial charge in [-0.1, -0.05) is 19.8 Å². The highest BCUT2D eigenvalue weighted by molar-refractivity contribution is 7.20. The minimum Gasteiger partial charge on any atom is -0.512 e. The van der Waals surface area contributed by atoms with E-state index in [1.54, 1.807) is 5.82 Å². The van der Waals surface area contributed by atoms with Crippen LogP contribution in [0.3, 0.4) is 0 Å². The molecule has 0 rings (SSSR count). The van der Waals surface area contributed by atoms with E-state index in [1.165, 1.54) is 12.8 Å². The molecule has 0 saturated heterocycles. The lowest BCUT2D eigenvalue weighted by Gasteiger charge is -1.95. The molecule has 0 fully saturated rings. The predicted octanol–water partition coefficient (Wildman–Crippen LogP) is 2.84. The van der Waals surface area contributed by atoms with E-state index in [0.29, 0.717) is 5.76 Å². The van der Waals surface area contributed by atoms with Crippen molar-refractivity contribution in [1.82, 2.24) is 0 Å². The summed E-state index contributed by atoms with van der Waals surface area (Å²) in [4.78, 5) is 0. The van der Waals surface area contributed by atoms with E-state index in [0.717, 1.165) is 12.8 Å². The first-order valence-corrected chi connectivity index (χ1v) is 4.07. The van der Waals surface area contributed by atoms with Crippen molar-refractivity contribution in [3.63, 3.8) is 0 Å². The van der Waals surface area contributed by atoms with Gasteiger partial charge in [0.2, 0.25) is 0 Å². The van der Waals surface area contributed by atoms with E-state index in [1.807, 2.05) is 0 Å². The van der Waals surface area contributed by atoms with Crippen molar-refractivity contribution in [3.05, 3.63) is 11.6 Å². The molecule has 1 nitrogen and oxygen atoms in total. The molecule has 54 valence electrons. The molecule has 1 unspecified atom stereocenters. The van der Waals surface area contributed by atoms with Gasteiger partial charge in [-0.15, -0.1) is 9.24 Å². The SMILES string of the molecule is CCCCC/C(O)=C/P. The Bertz CT molecular complexity index is 88.9. The number of aliphatic hydroxyl groups excluding tert-OH is 1. The zero-order valence-corrected chi connectivity index (χ0v) is 7.09. The van der Waals surface area contributed by atoms with Crippen LogP contribution in [0.5, 0.6) is 0 Å². The third-order valence-corrected chi connectivity index (χ3v) is 1.61. The molecule has 0 radical (unpaired) electrons. The van der Waals surface area contributed by atoms with E-state index in [-0.39, 0.29) is 0 Å². The molecule has 0 aromatic heterocycles.